The highest BCUT2D eigenvalue weighted by Gasteiger charge is 2.42. The number of rotatable bonds is 8. The summed E-state index contributed by atoms with van der Waals surface area (Å²) in [4.78, 5) is 30.9. The van der Waals surface area contributed by atoms with Gasteiger partial charge in [-0.2, -0.15) is 0 Å². The summed E-state index contributed by atoms with van der Waals surface area (Å²) in [6.45, 7) is 4.01. The third kappa shape index (κ3) is 7.12. The van der Waals surface area contributed by atoms with Gasteiger partial charge in [-0.3, -0.25) is 9.59 Å². The molecule has 2 aromatic carbocycles. The summed E-state index contributed by atoms with van der Waals surface area (Å²) in [5.41, 5.74) is 1.87. The van der Waals surface area contributed by atoms with Crippen LogP contribution in [0.15, 0.2) is 59.5 Å². The maximum Gasteiger partial charge on any atom is 0.260 e. The highest BCUT2D eigenvalue weighted by molar-refractivity contribution is 8.04. The second-order valence-electron chi connectivity index (χ2n) is 11.3. The largest absolute Gasteiger partial charge is 0.356 e. The van der Waals surface area contributed by atoms with Crippen LogP contribution in [0.5, 0.6) is 0 Å². The van der Waals surface area contributed by atoms with Crippen molar-refractivity contribution in [2.45, 2.75) is 56.2 Å². The minimum Gasteiger partial charge on any atom is -0.356 e. The predicted octanol–water partition coefficient (Wildman–Crippen LogP) is 5.37. The number of piperidine rings is 1. The maximum absolute atomic E-state index is 14.1. The first-order chi connectivity index (χ1) is 19.0. The van der Waals surface area contributed by atoms with Gasteiger partial charge in [0.2, 0.25) is 5.91 Å². The maximum atomic E-state index is 14.1. The molecule has 1 saturated carbocycles. The van der Waals surface area contributed by atoms with E-state index in [4.69, 9.17) is 0 Å². The fourth-order valence-corrected chi connectivity index (χ4v) is 7.76. The van der Waals surface area contributed by atoms with Crippen LogP contribution < -0.4 is 5.32 Å². The average molecular weight is 550 g/mol. The number of nitrogens with zero attached hydrogens (tertiary/aromatic N) is 2. The van der Waals surface area contributed by atoms with Crippen molar-refractivity contribution < 1.29 is 14.0 Å². The Labute approximate surface area is 236 Å². The number of benzene rings is 2. The molecule has 0 spiro atoms. The van der Waals surface area contributed by atoms with E-state index in [-0.39, 0.29) is 34.8 Å². The van der Waals surface area contributed by atoms with E-state index in [1.807, 2.05) is 7.05 Å². The summed E-state index contributed by atoms with van der Waals surface area (Å²) >= 11 is 1.55. The Balaban J connectivity index is 1.03. The van der Waals surface area contributed by atoms with Gasteiger partial charge in [-0.1, -0.05) is 48.5 Å². The molecule has 0 radical (unpaired) electrons. The van der Waals surface area contributed by atoms with Crippen LogP contribution in [0, 0.1) is 17.7 Å². The number of carbonyl (C=O) groups is 2. The quantitative estimate of drug-likeness (QED) is 0.355. The SMILES string of the molecule is CN1C(=O)/C(=C/c2ccccc2F)SC2CCC(C(=O)NCCCN3CCC(Cc4ccccc4)CC3)CC21. The fraction of sp³-hybridized carbons (Fsp3) is 0.500. The monoisotopic (exact) mass is 549 g/mol. The molecule has 5 nitrogen and oxygen atoms in total. The number of likely N-dealkylation sites (tertiary alicyclic amines) is 1. The van der Waals surface area contributed by atoms with Crippen LogP contribution in [0.3, 0.4) is 0 Å². The Bertz CT molecular complexity index is 1170. The van der Waals surface area contributed by atoms with Crippen molar-refractivity contribution in [3.05, 3.63) is 76.4 Å². The molecule has 1 aliphatic carbocycles. The zero-order valence-electron chi connectivity index (χ0n) is 22.9. The molecule has 3 unspecified atom stereocenters. The molecule has 2 saturated heterocycles. The summed E-state index contributed by atoms with van der Waals surface area (Å²) in [5, 5.41) is 3.41. The number of hydrogen-bond donors (Lipinski definition) is 1. The summed E-state index contributed by atoms with van der Waals surface area (Å²) < 4.78 is 14.1. The minimum atomic E-state index is -0.323. The molecule has 2 heterocycles. The van der Waals surface area contributed by atoms with Crippen molar-refractivity contribution in [1.82, 2.24) is 15.1 Å². The van der Waals surface area contributed by atoms with Crippen LogP contribution in [0.4, 0.5) is 4.39 Å². The first kappa shape index (κ1) is 27.9. The van der Waals surface area contributed by atoms with Gasteiger partial charge in [0.1, 0.15) is 5.82 Å². The van der Waals surface area contributed by atoms with Gasteiger partial charge >= 0.3 is 0 Å². The van der Waals surface area contributed by atoms with E-state index in [1.165, 1.54) is 30.9 Å². The number of hydrogen-bond acceptors (Lipinski definition) is 4. The molecule has 0 bridgehead atoms. The third-order valence-corrected chi connectivity index (χ3v) is 10.0. The predicted molar refractivity (Wildman–Crippen MR) is 157 cm³/mol. The molecule has 0 aromatic heterocycles. The first-order valence-corrected chi connectivity index (χ1v) is 15.3. The summed E-state index contributed by atoms with van der Waals surface area (Å²) in [7, 11) is 1.82. The molecule has 5 rings (SSSR count). The molecule has 2 amide bonds. The van der Waals surface area contributed by atoms with Gasteiger partial charge in [-0.05, 0) is 88.2 Å². The van der Waals surface area contributed by atoms with Gasteiger partial charge in [-0.25, -0.2) is 4.39 Å². The number of thioether (sulfide) groups is 1. The highest BCUT2D eigenvalue weighted by atomic mass is 32.2. The Kier molecular flexibility index (Phi) is 9.40. The lowest BCUT2D eigenvalue weighted by molar-refractivity contribution is -0.131. The molecule has 7 heteroatoms. The first-order valence-electron chi connectivity index (χ1n) is 14.4. The topological polar surface area (TPSA) is 52.7 Å². The lowest BCUT2D eigenvalue weighted by Gasteiger charge is -2.44. The van der Waals surface area contributed by atoms with Crippen molar-refractivity contribution in [2.24, 2.45) is 11.8 Å². The van der Waals surface area contributed by atoms with E-state index in [0.29, 0.717) is 23.4 Å². The Morgan fingerprint density at radius 3 is 2.56 bits per heavy atom. The Hall–Kier alpha value is -2.64. The average Bonchev–Trinajstić information content (AvgIpc) is 2.96. The van der Waals surface area contributed by atoms with Crippen LogP contribution in [0.25, 0.3) is 6.08 Å². The lowest BCUT2D eigenvalue weighted by Crippen LogP contribution is -2.52. The van der Waals surface area contributed by atoms with Gasteiger partial charge in [0.25, 0.3) is 5.91 Å². The molecule has 2 aromatic rings. The number of halogens is 1. The Morgan fingerprint density at radius 2 is 1.79 bits per heavy atom. The van der Waals surface area contributed by atoms with E-state index >= 15 is 0 Å². The lowest BCUT2D eigenvalue weighted by atomic mass is 9.83. The summed E-state index contributed by atoms with van der Waals surface area (Å²) in [6, 6.07) is 17.3. The molecular weight excluding hydrogens is 509 g/mol. The van der Waals surface area contributed by atoms with Crippen molar-refractivity contribution in [1.29, 1.82) is 0 Å². The molecule has 3 fully saturated rings. The standard InChI is InChI=1S/C32H40FN3O2S/c1-35-28-21-26(12-13-29(28)39-30(32(35)38)22-25-10-5-6-11-27(25)33)31(37)34-16-7-17-36-18-14-24(15-19-36)20-23-8-3-2-4-9-23/h2-6,8-11,22,24,26,28-29H,7,12-21H2,1H3,(H,34,37)/b30-22-. The van der Waals surface area contributed by atoms with Crippen molar-refractivity contribution in [3.8, 4) is 0 Å². The van der Waals surface area contributed by atoms with E-state index in [9.17, 15) is 14.0 Å². The van der Waals surface area contributed by atoms with Crippen molar-refractivity contribution >= 4 is 29.7 Å². The molecular formula is C32H40FN3O2S. The van der Waals surface area contributed by atoms with Gasteiger partial charge in [0.15, 0.2) is 0 Å². The molecule has 3 atom stereocenters. The number of fused-ring (bicyclic) bond motifs is 1. The molecule has 39 heavy (non-hydrogen) atoms. The van der Waals surface area contributed by atoms with E-state index < -0.39 is 0 Å². The smallest absolute Gasteiger partial charge is 0.260 e. The van der Waals surface area contributed by atoms with Gasteiger partial charge in [0, 0.05) is 36.4 Å². The third-order valence-electron chi connectivity index (χ3n) is 8.65. The normalized spacial score (nSPS) is 25.5. The van der Waals surface area contributed by atoms with E-state index in [2.05, 4.69) is 40.5 Å². The molecule has 3 aliphatic rings. The van der Waals surface area contributed by atoms with Gasteiger partial charge in [-0.15, -0.1) is 11.8 Å². The number of likely N-dealkylation sites (N-methyl/N-ethyl adjacent to an activating group) is 1. The molecule has 2 aliphatic heterocycles. The zero-order chi connectivity index (χ0) is 27.2. The van der Waals surface area contributed by atoms with E-state index in [0.717, 1.165) is 44.8 Å². The van der Waals surface area contributed by atoms with Crippen LogP contribution in [0.2, 0.25) is 0 Å². The van der Waals surface area contributed by atoms with Crippen LogP contribution >= 0.6 is 11.8 Å². The van der Waals surface area contributed by atoms with Crippen LogP contribution in [-0.4, -0.2) is 66.1 Å². The molecule has 208 valence electrons. The van der Waals surface area contributed by atoms with Crippen LogP contribution in [-0.2, 0) is 16.0 Å². The van der Waals surface area contributed by atoms with Crippen molar-refractivity contribution in [2.75, 3.05) is 33.2 Å². The second-order valence-corrected chi connectivity index (χ2v) is 12.6. The van der Waals surface area contributed by atoms with E-state index in [1.54, 1.807) is 40.9 Å². The summed E-state index contributed by atoms with van der Waals surface area (Å²) in [6.07, 6.45) is 8.68. The van der Waals surface area contributed by atoms with Gasteiger partial charge < -0.3 is 15.1 Å². The van der Waals surface area contributed by atoms with Gasteiger partial charge in [0.05, 0.1) is 4.91 Å². The minimum absolute atomic E-state index is 0.0296. The summed E-state index contributed by atoms with van der Waals surface area (Å²) in [5.74, 6) is 0.420. The van der Waals surface area contributed by atoms with Crippen LogP contribution in [0.1, 0.15) is 49.7 Å². The number of amides is 2. The highest BCUT2D eigenvalue weighted by Crippen LogP contribution is 2.43. The number of nitrogens with one attached hydrogen (secondary N) is 1. The second kappa shape index (κ2) is 13.1. The fourth-order valence-electron chi connectivity index (χ4n) is 6.29. The molecule has 1 N–H and O–H groups in total. The number of carbonyl (C=O) groups excluding carboxylic acids is 2. The zero-order valence-corrected chi connectivity index (χ0v) is 23.7. The van der Waals surface area contributed by atoms with Crippen molar-refractivity contribution in [3.63, 3.8) is 0 Å². The Morgan fingerprint density at radius 1 is 1.05 bits per heavy atom.